The maximum atomic E-state index is 13.1. The van der Waals surface area contributed by atoms with E-state index in [-0.39, 0.29) is 23.4 Å². The molecular formula is C23H28N4O2S. The van der Waals surface area contributed by atoms with Crippen molar-refractivity contribution in [2.75, 3.05) is 5.32 Å². The summed E-state index contributed by atoms with van der Waals surface area (Å²) in [6, 6.07) is 5.85. The van der Waals surface area contributed by atoms with Crippen molar-refractivity contribution in [3.8, 4) is 0 Å². The summed E-state index contributed by atoms with van der Waals surface area (Å²) in [6.45, 7) is 10.6. The largest absolute Gasteiger partial charge is 0.324 e. The number of carbonyl (C=O) groups is 1. The van der Waals surface area contributed by atoms with Crippen LogP contribution in [0, 0.1) is 25.2 Å². The van der Waals surface area contributed by atoms with Gasteiger partial charge in [-0.15, -0.1) is 16.4 Å². The molecule has 158 valence electrons. The highest BCUT2D eigenvalue weighted by Gasteiger charge is 2.32. The van der Waals surface area contributed by atoms with E-state index in [0.29, 0.717) is 16.1 Å². The molecule has 30 heavy (non-hydrogen) atoms. The zero-order chi connectivity index (χ0) is 21.6. The first-order valence-corrected chi connectivity index (χ1v) is 11.2. The van der Waals surface area contributed by atoms with E-state index >= 15 is 0 Å². The van der Waals surface area contributed by atoms with Gasteiger partial charge in [0.25, 0.3) is 5.56 Å². The number of carbonyl (C=O) groups excluding carboxylic acids is 1. The Hall–Kier alpha value is -2.54. The number of aryl methyl sites for hydroxylation is 3. The Labute approximate surface area is 180 Å². The highest BCUT2D eigenvalue weighted by molar-refractivity contribution is 7.18. The lowest BCUT2D eigenvalue weighted by atomic mass is 9.72. The van der Waals surface area contributed by atoms with E-state index in [1.54, 1.807) is 11.3 Å². The van der Waals surface area contributed by atoms with Crippen LogP contribution in [0.3, 0.4) is 0 Å². The van der Waals surface area contributed by atoms with Gasteiger partial charge < -0.3 is 5.32 Å². The van der Waals surface area contributed by atoms with Crippen LogP contribution in [0.2, 0.25) is 0 Å². The van der Waals surface area contributed by atoms with Crippen LogP contribution < -0.4 is 10.9 Å². The second kappa shape index (κ2) is 7.61. The fourth-order valence-electron chi connectivity index (χ4n) is 4.30. The maximum Gasteiger partial charge on any atom is 0.279 e. The number of fused-ring (bicyclic) bond motifs is 3. The fourth-order valence-corrected chi connectivity index (χ4v) is 5.53. The van der Waals surface area contributed by atoms with Crippen molar-refractivity contribution in [2.24, 2.45) is 11.3 Å². The molecule has 1 N–H and O–H groups in total. The molecule has 0 bridgehead atoms. The Bertz CT molecular complexity index is 1170. The second-order valence-electron chi connectivity index (χ2n) is 9.36. The van der Waals surface area contributed by atoms with Crippen LogP contribution in [-0.2, 0) is 24.2 Å². The van der Waals surface area contributed by atoms with Crippen LogP contribution >= 0.6 is 11.3 Å². The van der Waals surface area contributed by atoms with E-state index in [2.05, 4.69) is 36.4 Å². The molecule has 0 saturated carbocycles. The third-order valence-electron chi connectivity index (χ3n) is 6.20. The molecule has 6 nitrogen and oxygen atoms in total. The standard InChI is InChI=1S/C23H28N4O2S/c1-13-7-6-8-14(2)20(13)24-18(28)12-27-22(29)19-16-10-9-15(23(3,4)5)11-17(16)30-21(19)25-26-27/h6-8,15H,9-12H2,1-5H3,(H,24,28)/t15-/m0/s1. The third-order valence-corrected chi connectivity index (χ3v) is 7.34. The number of anilines is 1. The molecule has 0 spiro atoms. The Kier molecular flexibility index (Phi) is 5.26. The monoisotopic (exact) mass is 424 g/mol. The summed E-state index contributed by atoms with van der Waals surface area (Å²) in [5, 5.41) is 11.9. The smallest absolute Gasteiger partial charge is 0.279 e. The van der Waals surface area contributed by atoms with Crippen molar-refractivity contribution in [1.29, 1.82) is 0 Å². The number of benzene rings is 1. The number of para-hydroxylation sites is 1. The average molecular weight is 425 g/mol. The molecule has 7 heteroatoms. The molecule has 0 saturated heterocycles. The summed E-state index contributed by atoms with van der Waals surface area (Å²) in [6.07, 6.45) is 2.93. The van der Waals surface area contributed by atoms with Gasteiger partial charge in [-0.2, -0.15) is 0 Å². The SMILES string of the molecule is Cc1cccc(C)c1NC(=O)Cn1nnc2sc3c(c2c1=O)CC[C@H](C(C)(C)C)C3. The summed E-state index contributed by atoms with van der Waals surface area (Å²) in [4.78, 5) is 27.7. The second-order valence-corrected chi connectivity index (χ2v) is 10.4. The summed E-state index contributed by atoms with van der Waals surface area (Å²) in [7, 11) is 0. The Balaban J connectivity index is 1.62. The number of rotatable bonds is 3. The highest BCUT2D eigenvalue weighted by atomic mass is 32.1. The van der Waals surface area contributed by atoms with Gasteiger partial charge in [-0.05, 0) is 61.1 Å². The first-order valence-electron chi connectivity index (χ1n) is 10.4. The number of amides is 1. The summed E-state index contributed by atoms with van der Waals surface area (Å²) in [5.74, 6) is 0.316. The van der Waals surface area contributed by atoms with Gasteiger partial charge in [0.2, 0.25) is 5.91 Å². The molecule has 4 rings (SSSR count). The van der Waals surface area contributed by atoms with E-state index in [4.69, 9.17) is 0 Å². The lowest BCUT2D eigenvalue weighted by molar-refractivity contribution is -0.117. The molecule has 3 aromatic rings. The third kappa shape index (κ3) is 3.78. The number of thiophene rings is 1. The fraction of sp³-hybridized carbons (Fsp3) is 0.478. The van der Waals surface area contributed by atoms with E-state index in [1.165, 1.54) is 9.56 Å². The van der Waals surface area contributed by atoms with Gasteiger partial charge in [0.15, 0.2) is 4.83 Å². The van der Waals surface area contributed by atoms with Crippen LogP contribution in [0.15, 0.2) is 23.0 Å². The summed E-state index contributed by atoms with van der Waals surface area (Å²) >= 11 is 1.58. The van der Waals surface area contributed by atoms with Crippen molar-refractivity contribution >= 4 is 33.1 Å². The Morgan fingerprint density at radius 3 is 2.63 bits per heavy atom. The molecule has 0 aliphatic heterocycles. The van der Waals surface area contributed by atoms with Gasteiger partial charge in [-0.3, -0.25) is 9.59 Å². The highest BCUT2D eigenvalue weighted by Crippen LogP contribution is 2.41. The van der Waals surface area contributed by atoms with Crippen LogP contribution in [-0.4, -0.2) is 20.9 Å². The predicted molar refractivity (Wildman–Crippen MR) is 121 cm³/mol. The number of nitrogens with one attached hydrogen (secondary N) is 1. The molecule has 0 unspecified atom stereocenters. The van der Waals surface area contributed by atoms with Crippen LogP contribution in [0.4, 0.5) is 5.69 Å². The molecule has 2 heterocycles. The topological polar surface area (TPSA) is 76.9 Å². The van der Waals surface area contributed by atoms with E-state index in [1.807, 2.05) is 32.0 Å². The van der Waals surface area contributed by atoms with Crippen molar-refractivity contribution in [3.63, 3.8) is 0 Å². The normalized spacial score (nSPS) is 16.5. The molecule has 1 atom stereocenters. The molecule has 2 aromatic heterocycles. The van der Waals surface area contributed by atoms with Gasteiger partial charge in [0.05, 0.1) is 5.39 Å². The number of aromatic nitrogens is 3. The molecular weight excluding hydrogens is 396 g/mol. The molecule has 1 aromatic carbocycles. The predicted octanol–water partition coefficient (Wildman–Crippen LogP) is 4.26. The van der Waals surface area contributed by atoms with Crippen molar-refractivity contribution in [3.05, 3.63) is 50.1 Å². The van der Waals surface area contributed by atoms with Gasteiger partial charge in [0.1, 0.15) is 6.54 Å². The maximum absolute atomic E-state index is 13.1. The first kappa shape index (κ1) is 20.7. The minimum Gasteiger partial charge on any atom is -0.324 e. The summed E-state index contributed by atoms with van der Waals surface area (Å²) < 4.78 is 1.19. The van der Waals surface area contributed by atoms with Gasteiger partial charge in [-0.1, -0.05) is 44.2 Å². The van der Waals surface area contributed by atoms with Crippen molar-refractivity contribution in [1.82, 2.24) is 15.0 Å². The molecule has 1 aliphatic rings. The quantitative estimate of drug-likeness (QED) is 0.682. The minimum atomic E-state index is -0.278. The molecule has 0 fully saturated rings. The number of hydrogen-bond donors (Lipinski definition) is 1. The summed E-state index contributed by atoms with van der Waals surface area (Å²) in [5.41, 5.74) is 3.88. The van der Waals surface area contributed by atoms with Crippen LogP contribution in [0.5, 0.6) is 0 Å². The molecule has 1 amide bonds. The Morgan fingerprint density at radius 2 is 1.97 bits per heavy atom. The zero-order valence-electron chi connectivity index (χ0n) is 18.2. The van der Waals surface area contributed by atoms with E-state index in [0.717, 1.165) is 41.6 Å². The number of hydrogen-bond acceptors (Lipinski definition) is 5. The first-order chi connectivity index (χ1) is 14.1. The van der Waals surface area contributed by atoms with Crippen molar-refractivity contribution < 1.29 is 4.79 Å². The average Bonchev–Trinajstić information content (AvgIpc) is 3.05. The van der Waals surface area contributed by atoms with Gasteiger partial charge >= 0.3 is 0 Å². The lowest BCUT2D eigenvalue weighted by Gasteiger charge is -2.33. The Morgan fingerprint density at radius 1 is 1.27 bits per heavy atom. The van der Waals surface area contributed by atoms with E-state index in [9.17, 15) is 9.59 Å². The van der Waals surface area contributed by atoms with Crippen LogP contribution in [0.25, 0.3) is 10.2 Å². The number of nitrogens with zero attached hydrogens (tertiary/aromatic N) is 3. The van der Waals surface area contributed by atoms with Crippen LogP contribution in [0.1, 0.15) is 48.8 Å². The molecule has 0 radical (unpaired) electrons. The van der Waals surface area contributed by atoms with E-state index < -0.39 is 0 Å². The molecule has 1 aliphatic carbocycles. The van der Waals surface area contributed by atoms with Crippen molar-refractivity contribution in [2.45, 2.75) is 60.4 Å². The lowest BCUT2D eigenvalue weighted by Crippen LogP contribution is -2.31. The minimum absolute atomic E-state index is 0.148. The zero-order valence-corrected chi connectivity index (χ0v) is 19.0. The van der Waals surface area contributed by atoms with Gasteiger partial charge in [0, 0.05) is 10.6 Å². The van der Waals surface area contributed by atoms with Gasteiger partial charge in [-0.25, -0.2) is 4.68 Å².